The Hall–Kier alpha value is 0.570. The molecule has 0 saturated heterocycles. The van der Waals surface area contributed by atoms with Gasteiger partial charge in [0.2, 0.25) is 4.77 Å². The van der Waals surface area contributed by atoms with Crippen LogP contribution in [0.5, 0.6) is 0 Å². The second-order valence-electron chi connectivity index (χ2n) is 5.62. The first kappa shape index (κ1) is 14.5. The Labute approximate surface area is 138 Å². The largest absolute Gasteiger partial charge is 0.386 e. The van der Waals surface area contributed by atoms with Crippen molar-refractivity contribution in [1.82, 2.24) is 14.8 Å². The first-order valence-electron chi connectivity index (χ1n) is 6.15. The molecule has 1 heterocycles. The number of nitrogens with zero attached hydrogens (tertiary/aromatic N) is 2. The number of alkyl halides is 3. The summed E-state index contributed by atoms with van der Waals surface area (Å²) >= 11 is 18.8. The predicted molar refractivity (Wildman–Crippen MR) is 83.5 cm³/mol. The first-order valence-corrected chi connectivity index (χ1v) is 8.52. The number of hydrogen-bond donors (Lipinski definition) is 2. The van der Waals surface area contributed by atoms with E-state index in [0.717, 1.165) is 19.3 Å². The van der Waals surface area contributed by atoms with E-state index in [2.05, 4.69) is 41.9 Å². The maximum Gasteiger partial charge on any atom is 0.215 e. The van der Waals surface area contributed by atoms with Gasteiger partial charge in [0.05, 0.1) is 14.7 Å². The zero-order valence-corrected chi connectivity index (χ0v) is 14.8. The van der Waals surface area contributed by atoms with Crippen molar-refractivity contribution in [3.8, 4) is 0 Å². The third-order valence-corrected chi connectivity index (χ3v) is 7.10. The minimum atomic E-state index is -0.965. The average Bonchev–Trinajstić information content (AvgIpc) is 3.13. The first-order chi connectivity index (χ1) is 8.76. The SMILES string of the molecule is O[C@@](CC1CC1(Br)Br)(Cn1[nH]cnc1=S)C1(Cl)CC1. The molecule has 106 valence electrons. The van der Waals surface area contributed by atoms with Crippen LogP contribution in [-0.4, -0.2) is 33.6 Å². The number of nitrogens with one attached hydrogen (secondary N) is 1. The van der Waals surface area contributed by atoms with Gasteiger partial charge in [-0.1, -0.05) is 31.9 Å². The molecule has 4 nitrogen and oxygen atoms in total. The van der Waals surface area contributed by atoms with E-state index in [1.54, 1.807) is 4.68 Å². The highest BCUT2D eigenvalue weighted by Gasteiger charge is 2.62. The van der Waals surface area contributed by atoms with Crippen molar-refractivity contribution < 1.29 is 5.11 Å². The maximum atomic E-state index is 11.1. The zero-order valence-electron chi connectivity index (χ0n) is 10.1. The Bertz CT molecular complexity index is 556. The highest BCUT2D eigenvalue weighted by atomic mass is 79.9. The molecule has 1 unspecified atom stereocenters. The molecule has 1 aromatic heterocycles. The second kappa shape index (κ2) is 4.53. The fourth-order valence-electron chi connectivity index (χ4n) is 2.52. The normalized spacial score (nSPS) is 29.8. The Morgan fingerprint density at radius 3 is 2.68 bits per heavy atom. The molecule has 2 fully saturated rings. The second-order valence-corrected chi connectivity index (χ2v) is 10.6. The van der Waals surface area contributed by atoms with Crippen LogP contribution in [0.4, 0.5) is 0 Å². The molecule has 0 aromatic carbocycles. The van der Waals surface area contributed by atoms with Crippen LogP contribution < -0.4 is 0 Å². The van der Waals surface area contributed by atoms with Crippen molar-refractivity contribution in [2.24, 2.45) is 5.92 Å². The van der Waals surface area contributed by atoms with Crippen LogP contribution in [0.1, 0.15) is 25.7 Å². The van der Waals surface area contributed by atoms with E-state index in [0.29, 0.717) is 23.7 Å². The molecule has 1 aromatic rings. The summed E-state index contributed by atoms with van der Waals surface area (Å²) in [7, 11) is 0. The number of hydrogen-bond acceptors (Lipinski definition) is 3. The van der Waals surface area contributed by atoms with Crippen LogP contribution in [-0.2, 0) is 6.54 Å². The van der Waals surface area contributed by atoms with Crippen molar-refractivity contribution in [2.45, 2.75) is 45.9 Å². The average molecular weight is 432 g/mol. The van der Waals surface area contributed by atoms with E-state index < -0.39 is 10.5 Å². The van der Waals surface area contributed by atoms with Crippen molar-refractivity contribution >= 4 is 55.7 Å². The molecule has 0 spiro atoms. The summed E-state index contributed by atoms with van der Waals surface area (Å²) in [4.78, 5) is 3.45. The van der Waals surface area contributed by atoms with Gasteiger partial charge in [0.15, 0.2) is 0 Å². The number of rotatable bonds is 5. The molecule has 19 heavy (non-hydrogen) atoms. The van der Waals surface area contributed by atoms with Gasteiger partial charge in [-0.05, 0) is 43.8 Å². The fourth-order valence-corrected chi connectivity index (χ4v) is 4.02. The van der Waals surface area contributed by atoms with Crippen molar-refractivity contribution in [3.63, 3.8) is 0 Å². The summed E-state index contributed by atoms with van der Waals surface area (Å²) in [6.45, 7) is 0.363. The van der Waals surface area contributed by atoms with Gasteiger partial charge in [-0.3, -0.25) is 9.78 Å². The number of H-pyrrole nitrogens is 1. The lowest BCUT2D eigenvalue weighted by atomic mass is 9.90. The minimum absolute atomic E-state index is 0.0361. The summed E-state index contributed by atoms with van der Waals surface area (Å²) in [5.41, 5.74) is -0.965. The summed E-state index contributed by atoms with van der Waals surface area (Å²) in [5.74, 6) is 0.380. The van der Waals surface area contributed by atoms with Crippen LogP contribution in [0.25, 0.3) is 0 Å². The summed E-state index contributed by atoms with van der Waals surface area (Å²) in [6, 6.07) is 0. The summed E-state index contributed by atoms with van der Waals surface area (Å²) in [6.07, 6.45) is 4.87. The van der Waals surface area contributed by atoms with E-state index in [1.807, 2.05) is 0 Å². The highest BCUT2D eigenvalue weighted by Crippen LogP contribution is 2.63. The number of aromatic nitrogens is 3. The molecular formula is C11H14Br2ClN3OS. The van der Waals surface area contributed by atoms with Gasteiger partial charge >= 0.3 is 0 Å². The molecule has 0 bridgehead atoms. The molecule has 3 rings (SSSR count). The van der Waals surface area contributed by atoms with E-state index in [-0.39, 0.29) is 3.23 Å². The number of aliphatic hydroxyl groups is 1. The van der Waals surface area contributed by atoms with Gasteiger partial charge in [-0.15, -0.1) is 11.6 Å². The number of aromatic amines is 1. The lowest BCUT2D eigenvalue weighted by Gasteiger charge is -2.33. The van der Waals surface area contributed by atoms with Crippen LogP contribution >= 0.6 is 55.7 Å². The van der Waals surface area contributed by atoms with Crippen molar-refractivity contribution in [3.05, 3.63) is 11.1 Å². The Morgan fingerprint density at radius 1 is 1.63 bits per heavy atom. The third-order valence-electron chi connectivity index (χ3n) is 4.10. The van der Waals surface area contributed by atoms with Gasteiger partial charge in [-0.2, -0.15) is 0 Å². The molecule has 0 radical (unpaired) electrons. The molecule has 8 heteroatoms. The highest BCUT2D eigenvalue weighted by molar-refractivity contribution is 9.25. The molecule has 0 aliphatic heterocycles. The molecule has 2 atom stereocenters. The van der Waals surface area contributed by atoms with E-state index in [9.17, 15) is 5.11 Å². The van der Waals surface area contributed by atoms with Crippen LogP contribution in [0.2, 0.25) is 0 Å². The van der Waals surface area contributed by atoms with Crippen molar-refractivity contribution in [2.75, 3.05) is 0 Å². The molecule has 2 aliphatic rings. The molecule has 2 N–H and O–H groups in total. The Kier molecular flexibility index (Phi) is 3.46. The van der Waals surface area contributed by atoms with E-state index in [4.69, 9.17) is 23.8 Å². The number of halogens is 3. The zero-order chi connectivity index (χ0) is 13.9. The smallest absolute Gasteiger partial charge is 0.215 e. The molecule has 2 saturated carbocycles. The predicted octanol–water partition coefficient (Wildman–Crippen LogP) is 3.34. The van der Waals surface area contributed by atoms with Gasteiger partial charge in [0.1, 0.15) is 11.9 Å². The molecule has 2 aliphatic carbocycles. The van der Waals surface area contributed by atoms with Gasteiger partial charge in [0.25, 0.3) is 0 Å². The van der Waals surface area contributed by atoms with Gasteiger partial charge in [-0.25, -0.2) is 4.98 Å². The third kappa shape index (κ3) is 2.69. The lowest BCUT2D eigenvalue weighted by Crippen LogP contribution is -2.46. The monoisotopic (exact) mass is 429 g/mol. The topological polar surface area (TPSA) is 53.8 Å². The quantitative estimate of drug-likeness (QED) is 0.555. The maximum absolute atomic E-state index is 11.1. The van der Waals surface area contributed by atoms with Gasteiger partial charge in [0, 0.05) is 0 Å². The summed E-state index contributed by atoms with van der Waals surface area (Å²) < 4.78 is 2.09. The summed E-state index contributed by atoms with van der Waals surface area (Å²) in [5, 5.41) is 14.0. The standard InChI is InChI=1S/C11H14Br2ClN3OS/c12-11(13)4-7(11)3-10(18,9(14)1-2-9)5-17-8(19)15-6-16-17/h6-7,18H,1-5H2,(H,15,16,19)/t7?,10-/m0/s1. The van der Waals surface area contributed by atoms with Crippen LogP contribution in [0, 0.1) is 10.7 Å². The Balaban J connectivity index is 1.81. The molecular weight excluding hydrogens is 417 g/mol. The van der Waals surface area contributed by atoms with Crippen LogP contribution in [0.15, 0.2) is 6.33 Å². The van der Waals surface area contributed by atoms with E-state index in [1.165, 1.54) is 6.33 Å². The van der Waals surface area contributed by atoms with E-state index >= 15 is 0 Å². The van der Waals surface area contributed by atoms with Crippen LogP contribution in [0.3, 0.4) is 0 Å². The fraction of sp³-hybridized carbons (Fsp3) is 0.818. The lowest BCUT2D eigenvalue weighted by molar-refractivity contribution is -0.00606. The molecule has 0 amide bonds. The minimum Gasteiger partial charge on any atom is -0.386 e. The Morgan fingerprint density at radius 2 is 2.26 bits per heavy atom. The van der Waals surface area contributed by atoms with Crippen molar-refractivity contribution in [1.29, 1.82) is 0 Å². The van der Waals surface area contributed by atoms with Gasteiger partial charge < -0.3 is 5.11 Å².